The number of anilines is 2. The molecule has 0 unspecified atom stereocenters. The number of fused-ring (bicyclic) bond motifs is 2. The molecule has 0 aromatic heterocycles. The Bertz CT molecular complexity index is 993. The van der Waals surface area contributed by atoms with Crippen molar-refractivity contribution in [2.45, 2.75) is 6.42 Å². The average Bonchev–Trinajstić information content (AvgIpc) is 2.84. The van der Waals surface area contributed by atoms with Gasteiger partial charge in [-0.2, -0.15) is 0 Å². The van der Waals surface area contributed by atoms with E-state index in [1.165, 1.54) is 5.69 Å². The van der Waals surface area contributed by atoms with E-state index in [4.69, 9.17) is 16.6 Å². The van der Waals surface area contributed by atoms with Crippen LogP contribution < -0.4 is 4.90 Å². The van der Waals surface area contributed by atoms with Gasteiger partial charge in [0.05, 0.1) is 22.8 Å². The molecule has 3 aromatic rings. The van der Waals surface area contributed by atoms with Gasteiger partial charge in [0.1, 0.15) is 0 Å². The number of aliphatic imine (C=N–C) groups is 1. The summed E-state index contributed by atoms with van der Waals surface area (Å²) >= 11 is 6.12. The predicted octanol–water partition coefficient (Wildman–Crippen LogP) is 5.91. The highest BCUT2D eigenvalue weighted by molar-refractivity contribution is 6.30. The quantitative estimate of drug-likeness (QED) is 0.540. The topological polar surface area (TPSA) is 18.8 Å². The molecule has 0 amide bonds. The molecule has 0 bridgehead atoms. The largest absolute Gasteiger partial charge is 0.339 e. The van der Waals surface area contributed by atoms with Gasteiger partial charge in [0.25, 0.3) is 0 Å². The predicted molar refractivity (Wildman–Crippen MR) is 120 cm³/mol. The van der Waals surface area contributed by atoms with Crippen LogP contribution in [0.4, 0.5) is 17.1 Å². The summed E-state index contributed by atoms with van der Waals surface area (Å²) in [5.74, 6) is 0. The lowest BCUT2D eigenvalue weighted by Gasteiger charge is -2.27. The Hall–Kier alpha value is -2.62. The van der Waals surface area contributed by atoms with E-state index in [9.17, 15) is 0 Å². The van der Waals surface area contributed by atoms with Crippen molar-refractivity contribution in [1.82, 2.24) is 4.90 Å². The fourth-order valence-electron chi connectivity index (χ4n) is 3.62. The summed E-state index contributed by atoms with van der Waals surface area (Å²) in [6.07, 6.45) is 1.08. The molecular weight excluding hydrogens is 366 g/mol. The van der Waals surface area contributed by atoms with Crippen molar-refractivity contribution in [3.05, 3.63) is 88.9 Å². The van der Waals surface area contributed by atoms with Crippen LogP contribution in [0.25, 0.3) is 0 Å². The maximum Gasteiger partial charge on any atom is 0.0874 e. The zero-order valence-corrected chi connectivity index (χ0v) is 17.0. The van der Waals surface area contributed by atoms with Gasteiger partial charge in [0.15, 0.2) is 0 Å². The van der Waals surface area contributed by atoms with Crippen molar-refractivity contribution in [2.75, 3.05) is 32.1 Å². The van der Waals surface area contributed by atoms with Crippen LogP contribution in [0.5, 0.6) is 0 Å². The highest BCUT2D eigenvalue weighted by Gasteiger charge is 2.23. The first-order valence-electron chi connectivity index (χ1n) is 9.59. The molecule has 0 aliphatic carbocycles. The molecule has 4 rings (SSSR count). The van der Waals surface area contributed by atoms with Crippen LogP contribution in [0.3, 0.4) is 0 Å². The third kappa shape index (κ3) is 3.82. The van der Waals surface area contributed by atoms with E-state index in [0.29, 0.717) is 0 Å². The maximum atomic E-state index is 6.12. The monoisotopic (exact) mass is 389 g/mol. The second-order valence-corrected chi connectivity index (χ2v) is 7.72. The SMILES string of the molecule is CN(C)CCCN1c2ccccc2N=C(c2ccc(Cl)cc2)c2ccccc21. The van der Waals surface area contributed by atoms with E-state index in [-0.39, 0.29) is 0 Å². The zero-order valence-electron chi connectivity index (χ0n) is 16.3. The normalized spacial score (nSPS) is 13.0. The molecule has 3 aromatic carbocycles. The molecule has 0 saturated heterocycles. The Balaban J connectivity index is 1.85. The highest BCUT2D eigenvalue weighted by atomic mass is 35.5. The summed E-state index contributed by atoms with van der Waals surface area (Å²) < 4.78 is 0. The highest BCUT2D eigenvalue weighted by Crippen LogP contribution is 2.40. The second-order valence-electron chi connectivity index (χ2n) is 7.28. The van der Waals surface area contributed by atoms with E-state index in [2.05, 4.69) is 72.4 Å². The van der Waals surface area contributed by atoms with Crippen molar-refractivity contribution in [1.29, 1.82) is 0 Å². The molecule has 0 saturated carbocycles. The summed E-state index contributed by atoms with van der Waals surface area (Å²) in [6.45, 7) is 1.99. The van der Waals surface area contributed by atoms with Crippen molar-refractivity contribution >= 4 is 34.4 Å². The van der Waals surface area contributed by atoms with Gasteiger partial charge in [-0.15, -0.1) is 0 Å². The molecule has 1 aliphatic rings. The number of para-hydroxylation sites is 3. The molecule has 0 atom stereocenters. The fourth-order valence-corrected chi connectivity index (χ4v) is 3.75. The summed E-state index contributed by atoms with van der Waals surface area (Å²) in [5, 5.41) is 0.733. The molecule has 3 nitrogen and oxygen atoms in total. The fraction of sp³-hybridized carbons (Fsp3) is 0.208. The van der Waals surface area contributed by atoms with Gasteiger partial charge in [0, 0.05) is 22.7 Å². The Kier molecular flexibility index (Phi) is 5.47. The first-order chi connectivity index (χ1) is 13.6. The summed E-state index contributed by atoms with van der Waals surface area (Å²) in [5.41, 5.74) is 6.54. The molecular formula is C24H24ClN3. The van der Waals surface area contributed by atoms with Crippen LogP contribution in [0.15, 0.2) is 77.8 Å². The number of nitrogens with zero attached hydrogens (tertiary/aromatic N) is 3. The first kappa shape index (κ1) is 18.7. The van der Waals surface area contributed by atoms with Gasteiger partial charge in [-0.05, 0) is 57.4 Å². The van der Waals surface area contributed by atoms with Gasteiger partial charge < -0.3 is 9.80 Å². The van der Waals surface area contributed by atoms with Gasteiger partial charge in [-0.3, -0.25) is 0 Å². The minimum absolute atomic E-state index is 0.733. The van der Waals surface area contributed by atoms with E-state index in [1.807, 2.05) is 24.3 Å². The van der Waals surface area contributed by atoms with Gasteiger partial charge in [-0.25, -0.2) is 4.99 Å². The number of rotatable bonds is 5. The van der Waals surface area contributed by atoms with Gasteiger partial charge in [-0.1, -0.05) is 54.1 Å². The van der Waals surface area contributed by atoms with Crippen molar-refractivity contribution < 1.29 is 0 Å². The van der Waals surface area contributed by atoms with Crippen molar-refractivity contribution in [3.63, 3.8) is 0 Å². The Morgan fingerprint density at radius 3 is 2.29 bits per heavy atom. The standard InChI is InChI=1S/C24H24ClN3/c1-27(2)16-7-17-28-22-10-5-3-8-20(22)24(18-12-14-19(25)15-13-18)26-21-9-4-6-11-23(21)28/h3-6,8-15H,7,16-17H2,1-2H3. The minimum atomic E-state index is 0.733. The van der Waals surface area contributed by atoms with Crippen molar-refractivity contribution in [3.8, 4) is 0 Å². The molecule has 1 heterocycles. The van der Waals surface area contributed by atoms with E-state index < -0.39 is 0 Å². The smallest absolute Gasteiger partial charge is 0.0874 e. The van der Waals surface area contributed by atoms with E-state index >= 15 is 0 Å². The maximum absolute atomic E-state index is 6.12. The van der Waals surface area contributed by atoms with Gasteiger partial charge in [0.2, 0.25) is 0 Å². The number of halogens is 1. The second kappa shape index (κ2) is 8.17. The molecule has 0 fully saturated rings. The third-order valence-electron chi connectivity index (χ3n) is 4.96. The van der Waals surface area contributed by atoms with Crippen molar-refractivity contribution in [2.24, 2.45) is 4.99 Å². The average molecular weight is 390 g/mol. The molecule has 4 heteroatoms. The molecule has 0 radical (unpaired) electrons. The molecule has 1 aliphatic heterocycles. The summed E-state index contributed by atoms with van der Waals surface area (Å²) in [6, 6.07) is 24.9. The molecule has 0 N–H and O–H groups in total. The molecule has 28 heavy (non-hydrogen) atoms. The van der Waals surface area contributed by atoms with E-state index in [1.54, 1.807) is 0 Å². The van der Waals surface area contributed by atoms with Crippen LogP contribution >= 0.6 is 11.6 Å². The Morgan fingerprint density at radius 2 is 1.54 bits per heavy atom. The van der Waals surface area contributed by atoms with E-state index in [0.717, 1.165) is 52.7 Å². The number of hydrogen-bond donors (Lipinski definition) is 0. The van der Waals surface area contributed by atoms with Crippen LogP contribution in [-0.2, 0) is 0 Å². The Labute approximate surface area is 171 Å². The lowest BCUT2D eigenvalue weighted by atomic mass is 10.00. The summed E-state index contributed by atoms with van der Waals surface area (Å²) in [4.78, 5) is 9.73. The first-order valence-corrected chi connectivity index (χ1v) is 9.96. The summed E-state index contributed by atoms with van der Waals surface area (Å²) in [7, 11) is 4.23. The lowest BCUT2D eigenvalue weighted by molar-refractivity contribution is 0.402. The van der Waals surface area contributed by atoms with Crippen LogP contribution in [0, 0.1) is 0 Å². The molecule has 142 valence electrons. The lowest BCUT2D eigenvalue weighted by Crippen LogP contribution is -2.24. The van der Waals surface area contributed by atoms with Crippen LogP contribution in [0.2, 0.25) is 5.02 Å². The molecule has 0 spiro atoms. The van der Waals surface area contributed by atoms with Crippen LogP contribution in [0.1, 0.15) is 17.5 Å². The number of hydrogen-bond acceptors (Lipinski definition) is 3. The Morgan fingerprint density at radius 1 is 0.857 bits per heavy atom. The van der Waals surface area contributed by atoms with Gasteiger partial charge >= 0.3 is 0 Å². The van der Waals surface area contributed by atoms with Crippen LogP contribution in [-0.4, -0.2) is 37.8 Å². The zero-order chi connectivity index (χ0) is 19.5. The number of benzene rings is 3. The third-order valence-corrected chi connectivity index (χ3v) is 5.21. The minimum Gasteiger partial charge on any atom is -0.339 e.